The second kappa shape index (κ2) is 6.82. The first-order valence-corrected chi connectivity index (χ1v) is 7.42. The molecule has 1 heterocycles. The molecular weight excluding hydrogens is 313 g/mol. The Bertz CT molecular complexity index is 727. The lowest BCUT2D eigenvalue weighted by Crippen LogP contribution is -2.33. The molecule has 0 saturated carbocycles. The number of ether oxygens (including phenoxy) is 2. The van der Waals surface area contributed by atoms with E-state index in [1.54, 1.807) is 26.8 Å². The second-order valence-corrected chi connectivity index (χ2v) is 6.27. The number of nitrogens with zero attached hydrogens (tertiary/aromatic N) is 2. The van der Waals surface area contributed by atoms with Gasteiger partial charge >= 0.3 is 5.97 Å². The predicted molar refractivity (Wildman–Crippen MR) is 87.8 cm³/mol. The van der Waals surface area contributed by atoms with Crippen LogP contribution in [-0.4, -0.2) is 27.6 Å². The number of carbonyl (C=O) groups is 1. The first-order chi connectivity index (χ1) is 11.2. The minimum Gasteiger partial charge on any atom is -0.476 e. The number of hydrogen-bond acceptors (Lipinski definition) is 6. The summed E-state index contributed by atoms with van der Waals surface area (Å²) in [6, 6.07) is 4.38. The van der Waals surface area contributed by atoms with E-state index >= 15 is 0 Å². The molecule has 1 aromatic heterocycles. The standard InChI is InChI=1S/C17H20FN3O3/c1-10(15(22)24-17(2,3)4)23-14-6-5-11(7-13(14)18)12-8-20-16(19)21-9-12/h5-10H,1-4H3,(H2,19,20,21). The van der Waals surface area contributed by atoms with Crippen molar-refractivity contribution in [2.24, 2.45) is 0 Å². The summed E-state index contributed by atoms with van der Waals surface area (Å²) >= 11 is 0. The third kappa shape index (κ3) is 4.65. The summed E-state index contributed by atoms with van der Waals surface area (Å²) in [6.45, 7) is 6.76. The monoisotopic (exact) mass is 333 g/mol. The van der Waals surface area contributed by atoms with Crippen molar-refractivity contribution < 1.29 is 18.7 Å². The molecule has 0 bridgehead atoms. The second-order valence-electron chi connectivity index (χ2n) is 6.27. The van der Waals surface area contributed by atoms with Crippen molar-refractivity contribution in [1.29, 1.82) is 0 Å². The molecule has 0 saturated heterocycles. The summed E-state index contributed by atoms with van der Waals surface area (Å²) in [6.07, 6.45) is 2.08. The van der Waals surface area contributed by atoms with E-state index < -0.39 is 23.5 Å². The molecule has 0 aliphatic heterocycles. The molecule has 0 amide bonds. The van der Waals surface area contributed by atoms with Gasteiger partial charge in [0.05, 0.1) is 0 Å². The Morgan fingerprint density at radius 3 is 2.38 bits per heavy atom. The van der Waals surface area contributed by atoms with E-state index in [0.717, 1.165) is 0 Å². The maximum absolute atomic E-state index is 14.2. The molecule has 0 radical (unpaired) electrons. The van der Waals surface area contributed by atoms with Gasteiger partial charge < -0.3 is 15.2 Å². The van der Waals surface area contributed by atoms with Crippen molar-refractivity contribution in [2.45, 2.75) is 39.4 Å². The van der Waals surface area contributed by atoms with Crippen molar-refractivity contribution in [2.75, 3.05) is 5.73 Å². The van der Waals surface area contributed by atoms with Crippen LogP contribution in [-0.2, 0) is 9.53 Å². The number of nitrogens with two attached hydrogens (primary N) is 1. The number of carbonyl (C=O) groups excluding carboxylic acids is 1. The third-order valence-corrected chi connectivity index (χ3v) is 2.98. The van der Waals surface area contributed by atoms with E-state index in [-0.39, 0.29) is 11.7 Å². The molecule has 2 rings (SSSR count). The van der Waals surface area contributed by atoms with Crippen molar-refractivity contribution in [3.63, 3.8) is 0 Å². The lowest BCUT2D eigenvalue weighted by molar-refractivity contribution is -0.162. The zero-order valence-electron chi connectivity index (χ0n) is 14.0. The average molecular weight is 333 g/mol. The third-order valence-electron chi connectivity index (χ3n) is 2.98. The van der Waals surface area contributed by atoms with Gasteiger partial charge in [0.1, 0.15) is 5.60 Å². The molecule has 0 fully saturated rings. The van der Waals surface area contributed by atoms with Crippen LogP contribution in [0.1, 0.15) is 27.7 Å². The molecule has 0 spiro atoms. The van der Waals surface area contributed by atoms with Crippen LogP contribution in [0.2, 0.25) is 0 Å². The molecule has 0 aliphatic rings. The molecule has 6 nitrogen and oxygen atoms in total. The molecule has 2 N–H and O–H groups in total. The number of benzene rings is 1. The molecule has 1 atom stereocenters. The quantitative estimate of drug-likeness (QED) is 0.866. The first kappa shape index (κ1) is 17.7. The van der Waals surface area contributed by atoms with Gasteiger partial charge in [0.15, 0.2) is 17.7 Å². The van der Waals surface area contributed by atoms with Crippen LogP contribution in [0.4, 0.5) is 10.3 Å². The summed E-state index contributed by atoms with van der Waals surface area (Å²) in [5.41, 5.74) is 5.99. The van der Waals surface area contributed by atoms with Crippen LogP contribution < -0.4 is 10.5 Å². The SMILES string of the molecule is CC(Oc1ccc(-c2cnc(N)nc2)cc1F)C(=O)OC(C)(C)C. The van der Waals surface area contributed by atoms with Gasteiger partial charge in [-0.05, 0) is 45.4 Å². The summed E-state index contributed by atoms with van der Waals surface area (Å²) in [5.74, 6) is -1.04. The summed E-state index contributed by atoms with van der Waals surface area (Å²) < 4.78 is 24.8. The van der Waals surface area contributed by atoms with Gasteiger partial charge in [0.2, 0.25) is 5.95 Å². The molecule has 7 heteroatoms. The smallest absolute Gasteiger partial charge is 0.347 e. The van der Waals surface area contributed by atoms with Crippen molar-refractivity contribution >= 4 is 11.9 Å². The van der Waals surface area contributed by atoms with E-state index in [2.05, 4.69) is 9.97 Å². The zero-order chi connectivity index (χ0) is 17.9. The maximum Gasteiger partial charge on any atom is 0.347 e. The van der Waals surface area contributed by atoms with E-state index in [1.165, 1.54) is 31.5 Å². The van der Waals surface area contributed by atoms with E-state index in [9.17, 15) is 9.18 Å². The molecular formula is C17H20FN3O3. The molecule has 2 aromatic rings. The molecule has 1 unspecified atom stereocenters. The van der Waals surface area contributed by atoms with E-state index in [1.807, 2.05) is 0 Å². The lowest BCUT2D eigenvalue weighted by atomic mass is 10.1. The minimum atomic E-state index is -0.926. The van der Waals surface area contributed by atoms with E-state index in [0.29, 0.717) is 11.1 Å². The Hall–Kier alpha value is -2.70. The van der Waals surface area contributed by atoms with Crippen molar-refractivity contribution in [3.05, 3.63) is 36.4 Å². The predicted octanol–water partition coefficient (Wildman–Crippen LogP) is 2.97. The maximum atomic E-state index is 14.2. The highest BCUT2D eigenvalue weighted by molar-refractivity contribution is 5.75. The van der Waals surface area contributed by atoms with Crippen LogP contribution in [0.3, 0.4) is 0 Å². The fourth-order valence-corrected chi connectivity index (χ4v) is 1.89. The van der Waals surface area contributed by atoms with Gasteiger partial charge in [-0.15, -0.1) is 0 Å². The summed E-state index contributed by atoms with van der Waals surface area (Å²) in [7, 11) is 0. The number of halogens is 1. The fraction of sp³-hybridized carbons (Fsp3) is 0.353. The Morgan fingerprint density at radius 1 is 1.21 bits per heavy atom. The number of nitrogen functional groups attached to an aromatic ring is 1. The van der Waals surface area contributed by atoms with Crippen LogP contribution in [0.15, 0.2) is 30.6 Å². The van der Waals surface area contributed by atoms with Crippen molar-refractivity contribution in [1.82, 2.24) is 9.97 Å². The van der Waals surface area contributed by atoms with Gasteiger partial charge in [0, 0.05) is 18.0 Å². The summed E-state index contributed by atoms with van der Waals surface area (Å²) in [4.78, 5) is 19.6. The van der Waals surface area contributed by atoms with Gasteiger partial charge in [-0.1, -0.05) is 6.07 Å². The number of hydrogen-bond donors (Lipinski definition) is 1. The number of anilines is 1. The zero-order valence-corrected chi connectivity index (χ0v) is 14.0. The average Bonchev–Trinajstić information content (AvgIpc) is 2.48. The largest absolute Gasteiger partial charge is 0.476 e. The van der Waals surface area contributed by atoms with Crippen molar-refractivity contribution in [3.8, 4) is 16.9 Å². The fourth-order valence-electron chi connectivity index (χ4n) is 1.89. The molecule has 24 heavy (non-hydrogen) atoms. The van der Waals surface area contributed by atoms with Crippen LogP contribution >= 0.6 is 0 Å². The Balaban J connectivity index is 2.12. The highest BCUT2D eigenvalue weighted by Gasteiger charge is 2.24. The highest BCUT2D eigenvalue weighted by atomic mass is 19.1. The number of aromatic nitrogens is 2. The topological polar surface area (TPSA) is 87.3 Å². The molecule has 128 valence electrons. The normalized spacial score (nSPS) is 12.5. The van der Waals surface area contributed by atoms with Gasteiger partial charge in [-0.3, -0.25) is 0 Å². The van der Waals surface area contributed by atoms with E-state index in [4.69, 9.17) is 15.2 Å². The van der Waals surface area contributed by atoms with Gasteiger partial charge in [0.25, 0.3) is 0 Å². The van der Waals surface area contributed by atoms with Gasteiger partial charge in [-0.2, -0.15) is 0 Å². The highest BCUT2D eigenvalue weighted by Crippen LogP contribution is 2.26. The number of rotatable bonds is 4. The Morgan fingerprint density at radius 2 is 1.83 bits per heavy atom. The van der Waals surface area contributed by atoms with Crippen LogP contribution in [0, 0.1) is 5.82 Å². The van der Waals surface area contributed by atoms with Crippen LogP contribution in [0.25, 0.3) is 11.1 Å². The minimum absolute atomic E-state index is 0.0338. The summed E-state index contributed by atoms with van der Waals surface area (Å²) in [5, 5.41) is 0. The van der Waals surface area contributed by atoms with Gasteiger partial charge in [-0.25, -0.2) is 19.2 Å². The first-order valence-electron chi connectivity index (χ1n) is 7.42. The molecule has 0 aliphatic carbocycles. The Kier molecular flexibility index (Phi) is 5.02. The lowest BCUT2D eigenvalue weighted by Gasteiger charge is -2.22. The number of esters is 1. The Labute approximate surface area is 139 Å². The van der Waals surface area contributed by atoms with Crippen LogP contribution in [0.5, 0.6) is 5.75 Å². The molecule has 1 aromatic carbocycles.